The molecule has 6 unspecified atom stereocenters. The Balaban J connectivity index is 0.932. The van der Waals surface area contributed by atoms with E-state index in [2.05, 4.69) is 37.5 Å². The fourth-order valence-corrected chi connectivity index (χ4v) is 25.3. The van der Waals surface area contributed by atoms with Gasteiger partial charge in [0.1, 0.15) is 26.4 Å². The van der Waals surface area contributed by atoms with Crippen LogP contribution in [0.25, 0.3) is 0 Å². The molecule has 2 fully saturated rings. The molecule has 4 aliphatic rings. The second-order valence-electron chi connectivity index (χ2n) is 19.6. The summed E-state index contributed by atoms with van der Waals surface area (Å²) in [6.45, 7) is 18.5. The molecule has 0 amide bonds. The van der Waals surface area contributed by atoms with Gasteiger partial charge in [-0.05, 0) is 96.2 Å². The SMILES string of the molecule is C=C(C)C(=O)OCCOC(=O)c1ccc(CSC2(P(=O)(OCC)OCC)SC3(CCCCCCCCCCC45C=CC4C(SCc4ccc(C(=O)OCCOC(=O)C(=C)C)cc4)(P(=O)(OCC)OCC)S5)C=CC2C3)cc1. The number of unbranched alkanes of at least 4 members (excludes halogenated alkanes) is 7. The standard InChI is InChI=1S/C57H78O14P2S4/c1-9-68-72(62,69-10-2)56(74-40-44-21-25-46(26-22-44)52(60)66-37-35-64-50(58)42(5)6)48-29-33-54(39-48,76-56)31-19-17-15-13-14-16-18-20-32-55-34-30-49(55)57(77-55,73(63,70-11-3)71-12-4)75-41-45-23-27-47(28-24-45)53(61)67-38-36-65-51(59)43(7)8/h21-30,33-34,48-49H,5,7,9-20,31-32,35-41H2,1-4,6,8H3. The van der Waals surface area contributed by atoms with Gasteiger partial charge in [0, 0.05) is 44.0 Å². The van der Waals surface area contributed by atoms with E-state index in [0.29, 0.717) is 22.6 Å². The second-order valence-corrected chi connectivity index (χ2v) is 31.4. The van der Waals surface area contributed by atoms with E-state index in [1.54, 1.807) is 85.2 Å². The number of esters is 4. The topological polar surface area (TPSA) is 176 Å². The van der Waals surface area contributed by atoms with E-state index in [4.69, 9.17) is 37.0 Å². The van der Waals surface area contributed by atoms with E-state index in [0.717, 1.165) is 68.9 Å². The van der Waals surface area contributed by atoms with Crippen molar-refractivity contribution < 1.29 is 65.4 Å². The van der Waals surface area contributed by atoms with Crippen molar-refractivity contribution in [3.05, 3.63) is 119 Å². The zero-order valence-electron chi connectivity index (χ0n) is 45.6. The molecule has 424 valence electrons. The summed E-state index contributed by atoms with van der Waals surface area (Å²) in [6, 6.07) is 14.4. The van der Waals surface area contributed by atoms with Gasteiger partial charge in [-0.25, -0.2) is 19.2 Å². The van der Waals surface area contributed by atoms with Crippen molar-refractivity contribution in [2.24, 2.45) is 11.8 Å². The van der Waals surface area contributed by atoms with Crippen LogP contribution in [0.2, 0.25) is 0 Å². The van der Waals surface area contributed by atoms with E-state index >= 15 is 0 Å². The number of fused-ring (bicyclic) bond motifs is 3. The van der Waals surface area contributed by atoms with Crippen LogP contribution in [0.4, 0.5) is 0 Å². The first kappa shape index (κ1) is 63.2. The van der Waals surface area contributed by atoms with Gasteiger partial charge in [0.25, 0.3) is 0 Å². The summed E-state index contributed by atoms with van der Waals surface area (Å²) in [5.41, 5.74) is 3.25. The maximum absolute atomic E-state index is 14.9. The Hall–Kier alpha value is -3.02. The molecular weight excluding hydrogens is 1100 g/mol. The highest BCUT2D eigenvalue weighted by atomic mass is 32.2. The number of thioether (sulfide) groups is 4. The van der Waals surface area contributed by atoms with Gasteiger partial charge in [-0.1, -0.05) is 113 Å². The van der Waals surface area contributed by atoms with Crippen molar-refractivity contribution in [1.82, 2.24) is 0 Å². The van der Waals surface area contributed by atoms with Crippen LogP contribution in [-0.4, -0.2) is 93.9 Å². The molecule has 2 aliphatic heterocycles. The number of carbonyl (C=O) groups is 4. The summed E-state index contributed by atoms with van der Waals surface area (Å²) in [5.74, 6) is -0.946. The number of allylic oxidation sites excluding steroid dienone is 2. The third kappa shape index (κ3) is 15.3. The lowest BCUT2D eigenvalue weighted by molar-refractivity contribution is -0.140. The first-order chi connectivity index (χ1) is 36.9. The molecule has 0 spiro atoms. The molecule has 6 atom stereocenters. The van der Waals surface area contributed by atoms with Crippen LogP contribution in [-0.2, 0) is 67.3 Å². The fourth-order valence-electron chi connectivity index (χ4n) is 9.93. The minimum absolute atomic E-state index is 0.0113. The van der Waals surface area contributed by atoms with Crippen molar-refractivity contribution >= 4 is 86.1 Å². The smallest absolute Gasteiger partial charge is 0.357 e. The molecular formula is C57H78O14P2S4. The molecule has 0 saturated carbocycles. The van der Waals surface area contributed by atoms with Crippen LogP contribution in [0, 0.1) is 11.8 Å². The first-order valence-corrected chi connectivity index (χ1v) is 33.6. The number of hydrogen-bond donors (Lipinski definition) is 0. The lowest BCUT2D eigenvalue weighted by atomic mass is 9.77. The van der Waals surface area contributed by atoms with Crippen LogP contribution in [0.3, 0.4) is 0 Å². The monoisotopic (exact) mass is 1180 g/mol. The molecule has 20 heteroatoms. The normalized spacial score (nSPS) is 23.9. The van der Waals surface area contributed by atoms with E-state index in [-0.39, 0.29) is 85.3 Å². The maximum atomic E-state index is 14.9. The molecule has 2 heterocycles. The number of ether oxygens (including phenoxy) is 4. The van der Waals surface area contributed by atoms with Gasteiger partial charge < -0.3 is 37.0 Å². The van der Waals surface area contributed by atoms with Gasteiger partial charge in [-0.3, -0.25) is 9.13 Å². The average Bonchev–Trinajstić information content (AvgIpc) is 4.12. The van der Waals surface area contributed by atoms with Crippen molar-refractivity contribution in [3.8, 4) is 0 Å². The zero-order chi connectivity index (χ0) is 55.7. The van der Waals surface area contributed by atoms with E-state index in [1.807, 2.05) is 52.0 Å². The highest BCUT2D eigenvalue weighted by Gasteiger charge is 2.74. The lowest BCUT2D eigenvalue weighted by Gasteiger charge is -2.65. The van der Waals surface area contributed by atoms with Crippen molar-refractivity contribution in [1.29, 1.82) is 0 Å². The summed E-state index contributed by atoms with van der Waals surface area (Å²) in [4.78, 5) is 48.5. The number of benzene rings is 2. The highest BCUT2D eigenvalue weighted by Crippen LogP contribution is 2.86. The van der Waals surface area contributed by atoms with E-state index < -0.39 is 46.7 Å². The Morgan fingerprint density at radius 1 is 0.558 bits per heavy atom. The Labute approximate surface area is 473 Å². The summed E-state index contributed by atoms with van der Waals surface area (Å²) < 4.78 is 72.5. The van der Waals surface area contributed by atoms with Gasteiger partial charge in [0.2, 0.25) is 0 Å². The van der Waals surface area contributed by atoms with Gasteiger partial charge >= 0.3 is 39.1 Å². The summed E-state index contributed by atoms with van der Waals surface area (Å²) >= 11 is 6.73. The minimum Gasteiger partial charge on any atom is -0.459 e. The van der Waals surface area contributed by atoms with Gasteiger partial charge in [0.15, 0.2) is 7.64 Å². The van der Waals surface area contributed by atoms with Crippen molar-refractivity contribution in [3.63, 3.8) is 0 Å². The predicted octanol–water partition coefficient (Wildman–Crippen LogP) is 14.9. The predicted molar refractivity (Wildman–Crippen MR) is 311 cm³/mol. The molecule has 2 aromatic rings. The highest BCUT2D eigenvalue weighted by molar-refractivity contribution is 8.27. The average molecular weight is 1180 g/mol. The Kier molecular flexibility index (Phi) is 23.9. The molecule has 2 saturated heterocycles. The number of rotatable bonds is 37. The molecule has 0 aromatic heterocycles. The quantitative estimate of drug-likeness (QED) is 0.0156. The number of carbonyl (C=O) groups excluding carboxylic acids is 4. The largest absolute Gasteiger partial charge is 0.459 e. The molecule has 2 aliphatic carbocycles. The summed E-state index contributed by atoms with van der Waals surface area (Å²) in [7, 11) is -7.13. The van der Waals surface area contributed by atoms with Crippen molar-refractivity contribution in [2.45, 2.75) is 141 Å². The van der Waals surface area contributed by atoms with E-state index in [9.17, 15) is 28.3 Å². The van der Waals surface area contributed by atoms with Crippen LogP contribution >= 0.6 is 62.2 Å². The number of hydrogen-bond acceptors (Lipinski definition) is 18. The molecule has 0 N–H and O–H groups in total. The van der Waals surface area contributed by atoms with Gasteiger partial charge in [-0.15, -0.1) is 47.0 Å². The maximum Gasteiger partial charge on any atom is 0.357 e. The lowest BCUT2D eigenvalue weighted by Crippen LogP contribution is -2.61. The molecule has 2 aromatic carbocycles. The van der Waals surface area contributed by atoms with E-state index in [1.165, 1.54) is 12.8 Å². The van der Waals surface area contributed by atoms with Gasteiger partial charge in [-0.2, -0.15) is 0 Å². The van der Waals surface area contributed by atoms with Gasteiger partial charge in [0.05, 0.1) is 37.6 Å². The van der Waals surface area contributed by atoms with Crippen LogP contribution in [0.5, 0.6) is 0 Å². The van der Waals surface area contributed by atoms with Crippen molar-refractivity contribution in [2.75, 3.05) is 52.9 Å². The Morgan fingerprint density at radius 2 is 0.974 bits per heavy atom. The van der Waals surface area contributed by atoms with Crippen LogP contribution in [0.1, 0.15) is 144 Å². The summed E-state index contributed by atoms with van der Waals surface area (Å²) in [5, 5.41) is 0. The zero-order valence-corrected chi connectivity index (χ0v) is 50.6. The summed E-state index contributed by atoms with van der Waals surface area (Å²) in [6.07, 6.45) is 21.0. The Bertz CT molecular complexity index is 2520. The van der Waals surface area contributed by atoms with Crippen LogP contribution < -0.4 is 0 Å². The molecule has 2 bridgehead atoms. The molecule has 0 radical (unpaired) electrons. The minimum atomic E-state index is -3.59. The molecule has 14 nitrogen and oxygen atoms in total. The second kappa shape index (κ2) is 29.1. The third-order valence-electron chi connectivity index (χ3n) is 13.8. The molecule has 6 rings (SSSR count). The van der Waals surface area contributed by atoms with Crippen LogP contribution in [0.15, 0.2) is 97.1 Å². The molecule has 77 heavy (non-hydrogen) atoms. The Morgan fingerprint density at radius 3 is 1.39 bits per heavy atom. The first-order valence-electron chi connectivity index (χ1n) is 26.9. The third-order valence-corrected chi connectivity index (χ3v) is 28.9. The fraction of sp³-hybridized carbons (Fsp3) is 0.579.